The fraction of sp³-hybridized carbons (Fsp3) is 0.400. The lowest BCUT2D eigenvalue weighted by atomic mass is 10.1. The summed E-state index contributed by atoms with van der Waals surface area (Å²) in [6.07, 6.45) is 0. The van der Waals surface area contributed by atoms with Crippen molar-refractivity contribution in [3.05, 3.63) is 33.8 Å². The molecule has 0 saturated carbocycles. The van der Waals surface area contributed by atoms with Gasteiger partial charge in [0.05, 0.1) is 32.0 Å². The number of rotatable bonds is 7. The second kappa shape index (κ2) is 7.28. The van der Waals surface area contributed by atoms with Crippen LogP contribution in [0.4, 0.5) is 0 Å². The van der Waals surface area contributed by atoms with Gasteiger partial charge in [-0.25, -0.2) is 4.98 Å². The van der Waals surface area contributed by atoms with Crippen molar-refractivity contribution in [3.63, 3.8) is 0 Å². The van der Waals surface area contributed by atoms with Crippen molar-refractivity contribution in [1.29, 1.82) is 0 Å². The number of hydrogen-bond donors (Lipinski definition) is 1. The first kappa shape index (κ1) is 15.6. The molecule has 0 atom stereocenters. The van der Waals surface area contributed by atoms with Gasteiger partial charge in [-0.1, -0.05) is 0 Å². The van der Waals surface area contributed by atoms with Crippen LogP contribution in [0.3, 0.4) is 0 Å². The van der Waals surface area contributed by atoms with Crippen LogP contribution in [0.15, 0.2) is 17.5 Å². The van der Waals surface area contributed by atoms with Crippen LogP contribution in [0, 0.1) is 6.92 Å². The quantitative estimate of drug-likeness (QED) is 0.852. The summed E-state index contributed by atoms with van der Waals surface area (Å²) in [4.78, 5) is 4.42. The van der Waals surface area contributed by atoms with Crippen LogP contribution in [0.5, 0.6) is 17.2 Å². The van der Waals surface area contributed by atoms with Gasteiger partial charge in [0.1, 0.15) is 0 Å². The Kier molecular flexibility index (Phi) is 5.41. The maximum Gasteiger partial charge on any atom is 0.203 e. The topological polar surface area (TPSA) is 52.6 Å². The molecule has 0 radical (unpaired) electrons. The van der Waals surface area contributed by atoms with Gasteiger partial charge in [-0.05, 0) is 24.6 Å². The molecular formula is C15H20N2O3S. The second-order valence-corrected chi connectivity index (χ2v) is 5.56. The minimum Gasteiger partial charge on any atom is -0.493 e. The fourth-order valence-electron chi connectivity index (χ4n) is 2.06. The van der Waals surface area contributed by atoms with E-state index >= 15 is 0 Å². The van der Waals surface area contributed by atoms with E-state index < -0.39 is 0 Å². The lowest BCUT2D eigenvalue weighted by Gasteiger charge is -2.14. The van der Waals surface area contributed by atoms with E-state index in [4.69, 9.17) is 14.2 Å². The summed E-state index contributed by atoms with van der Waals surface area (Å²) in [6.45, 7) is 3.45. The number of thiazole rings is 1. The molecule has 21 heavy (non-hydrogen) atoms. The smallest absolute Gasteiger partial charge is 0.203 e. The van der Waals surface area contributed by atoms with E-state index in [1.54, 1.807) is 32.7 Å². The van der Waals surface area contributed by atoms with Crippen molar-refractivity contribution in [2.24, 2.45) is 0 Å². The molecule has 1 heterocycles. The zero-order chi connectivity index (χ0) is 15.2. The van der Waals surface area contributed by atoms with Gasteiger partial charge in [0, 0.05) is 18.5 Å². The Bertz CT molecular complexity index is 573. The number of nitrogens with one attached hydrogen (secondary N) is 1. The molecule has 0 saturated heterocycles. The van der Waals surface area contributed by atoms with Crippen molar-refractivity contribution in [2.75, 3.05) is 21.3 Å². The highest BCUT2D eigenvalue weighted by molar-refractivity contribution is 7.09. The molecule has 0 aliphatic carbocycles. The molecule has 0 amide bonds. The molecule has 2 aromatic rings. The zero-order valence-electron chi connectivity index (χ0n) is 12.7. The third-order valence-corrected chi connectivity index (χ3v) is 3.85. The molecule has 5 nitrogen and oxygen atoms in total. The molecule has 1 aromatic carbocycles. The van der Waals surface area contributed by atoms with Gasteiger partial charge in [0.25, 0.3) is 0 Å². The standard InChI is InChI=1S/C15H20N2O3S/c1-10-17-12(9-21-10)8-16-7-11-5-13(18-2)15(20-4)14(6-11)19-3/h5-6,9,16H,7-8H2,1-4H3. The predicted molar refractivity (Wildman–Crippen MR) is 83.5 cm³/mol. The van der Waals surface area contributed by atoms with Crippen molar-refractivity contribution < 1.29 is 14.2 Å². The van der Waals surface area contributed by atoms with Gasteiger partial charge in [-0.15, -0.1) is 11.3 Å². The normalized spacial score (nSPS) is 10.5. The zero-order valence-corrected chi connectivity index (χ0v) is 13.5. The molecule has 0 aliphatic heterocycles. The largest absolute Gasteiger partial charge is 0.493 e. The van der Waals surface area contributed by atoms with Gasteiger partial charge >= 0.3 is 0 Å². The van der Waals surface area contributed by atoms with Gasteiger partial charge in [0.2, 0.25) is 5.75 Å². The van der Waals surface area contributed by atoms with Gasteiger partial charge in [-0.2, -0.15) is 0 Å². The highest BCUT2D eigenvalue weighted by Gasteiger charge is 2.12. The number of aryl methyl sites for hydroxylation is 1. The molecule has 6 heteroatoms. The SMILES string of the molecule is COc1cc(CNCc2csc(C)n2)cc(OC)c1OC. The van der Waals surface area contributed by atoms with E-state index in [9.17, 15) is 0 Å². The fourth-order valence-corrected chi connectivity index (χ4v) is 2.67. The summed E-state index contributed by atoms with van der Waals surface area (Å²) < 4.78 is 16.0. The molecule has 114 valence electrons. The molecule has 1 aromatic heterocycles. The summed E-state index contributed by atoms with van der Waals surface area (Å²) in [5.41, 5.74) is 2.13. The average molecular weight is 308 g/mol. The molecule has 2 rings (SSSR count). The summed E-state index contributed by atoms with van der Waals surface area (Å²) in [7, 11) is 4.84. The predicted octanol–water partition coefficient (Wildman–Crippen LogP) is 2.77. The Morgan fingerprint density at radius 3 is 2.19 bits per heavy atom. The van der Waals surface area contributed by atoms with E-state index in [1.807, 2.05) is 19.1 Å². The highest BCUT2D eigenvalue weighted by Crippen LogP contribution is 2.38. The average Bonchev–Trinajstić information content (AvgIpc) is 2.91. The Morgan fingerprint density at radius 1 is 1.05 bits per heavy atom. The van der Waals surface area contributed by atoms with E-state index in [0.717, 1.165) is 22.8 Å². The number of nitrogens with zero attached hydrogens (tertiary/aromatic N) is 1. The first-order valence-corrected chi connectivity index (χ1v) is 7.46. The number of methoxy groups -OCH3 is 3. The molecular weight excluding hydrogens is 288 g/mol. The Hall–Kier alpha value is -1.79. The molecule has 0 aliphatic rings. The van der Waals surface area contributed by atoms with Crippen LogP contribution in [0.25, 0.3) is 0 Å². The van der Waals surface area contributed by atoms with E-state index in [2.05, 4.69) is 15.7 Å². The summed E-state index contributed by atoms with van der Waals surface area (Å²) in [5, 5.41) is 6.51. The van der Waals surface area contributed by atoms with Gasteiger partial charge < -0.3 is 19.5 Å². The van der Waals surface area contributed by atoms with E-state index in [1.165, 1.54) is 0 Å². The van der Waals surface area contributed by atoms with Crippen LogP contribution >= 0.6 is 11.3 Å². The van der Waals surface area contributed by atoms with Crippen LogP contribution in [-0.4, -0.2) is 26.3 Å². The van der Waals surface area contributed by atoms with Crippen LogP contribution in [0.2, 0.25) is 0 Å². The van der Waals surface area contributed by atoms with E-state index in [-0.39, 0.29) is 0 Å². The third kappa shape index (κ3) is 3.86. The summed E-state index contributed by atoms with van der Waals surface area (Å²) in [6, 6.07) is 3.89. The Balaban J connectivity index is 2.05. The molecule has 1 N–H and O–H groups in total. The van der Waals surface area contributed by atoms with Crippen molar-refractivity contribution in [3.8, 4) is 17.2 Å². The maximum absolute atomic E-state index is 5.34. The van der Waals surface area contributed by atoms with Crippen molar-refractivity contribution in [2.45, 2.75) is 20.0 Å². The number of benzene rings is 1. The lowest BCUT2D eigenvalue weighted by molar-refractivity contribution is 0.323. The van der Waals surface area contributed by atoms with Crippen LogP contribution < -0.4 is 19.5 Å². The van der Waals surface area contributed by atoms with Gasteiger partial charge in [0.15, 0.2) is 11.5 Å². The molecule has 0 unspecified atom stereocenters. The minimum atomic E-state index is 0.610. The number of aromatic nitrogens is 1. The highest BCUT2D eigenvalue weighted by atomic mass is 32.1. The minimum absolute atomic E-state index is 0.610. The monoisotopic (exact) mass is 308 g/mol. The third-order valence-electron chi connectivity index (χ3n) is 3.03. The van der Waals surface area contributed by atoms with Gasteiger partial charge in [-0.3, -0.25) is 0 Å². The maximum atomic E-state index is 5.34. The number of ether oxygens (including phenoxy) is 3. The van der Waals surface area contributed by atoms with Crippen molar-refractivity contribution in [1.82, 2.24) is 10.3 Å². The Labute approximate surface area is 128 Å². The molecule has 0 spiro atoms. The molecule has 0 fully saturated rings. The second-order valence-electron chi connectivity index (χ2n) is 4.50. The number of hydrogen-bond acceptors (Lipinski definition) is 6. The Morgan fingerprint density at radius 2 is 1.71 bits per heavy atom. The van der Waals surface area contributed by atoms with Crippen LogP contribution in [0.1, 0.15) is 16.3 Å². The molecule has 0 bridgehead atoms. The summed E-state index contributed by atoms with van der Waals surface area (Å²) in [5.74, 6) is 1.94. The van der Waals surface area contributed by atoms with Crippen LogP contribution in [-0.2, 0) is 13.1 Å². The first-order chi connectivity index (χ1) is 10.2. The summed E-state index contributed by atoms with van der Waals surface area (Å²) >= 11 is 1.66. The van der Waals surface area contributed by atoms with Crippen molar-refractivity contribution >= 4 is 11.3 Å². The first-order valence-electron chi connectivity index (χ1n) is 6.58. The lowest BCUT2D eigenvalue weighted by Crippen LogP contribution is -2.13. The van der Waals surface area contributed by atoms with E-state index in [0.29, 0.717) is 23.8 Å².